The van der Waals surface area contributed by atoms with Crippen LogP contribution in [-0.4, -0.2) is 17.3 Å². The summed E-state index contributed by atoms with van der Waals surface area (Å²) in [6, 6.07) is 9.29. The monoisotopic (exact) mass is 203 g/mol. The highest BCUT2D eigenvalue weighted by Gasteiger charge is 2.24. The molecule has 0 bridgehead atoms. The van der Waals surface area contributed by atoms with Gasteiger partial charge in [0.1, 0.15) is 17.9 Å². The standard InChI is InChI=1S/C12H13NO2/c13-8-9-3-1-2-4-12(9)15-11-6-5-10(14)7-11/h1-4,10-11,14H,5-7H2. The van der Waals surface area contributed by atoms with Crippen molar-refractivity contribution >= 4 is 0 Å². The van der Waals surface area contributed by atoms with E-state index in [1.54, 1.807) is 12.1 Å². The molecule has 1 saturated carbocycles. The molecule has 1 aromatic carbocycles. The van der Waals surface area contributed by atoms with E-state index in [-0.39, 0.29) is 12.2 Å². The van der Waals surface area contributed by atoms with Crippen molar-refractivity contribution in [1.29, 1.82) is 5.26 Å². The van der Waals surface area contributed by atoms with Gasteiger partial charge < -0.3 is 9.84 Å². The zero-order chi connectivity index (χ0) is 10.7. The minimum Gasteiger partial charge on any atom is -0.489 e. The van der Waals surface area contributed by atoms with Gasteiger partial charge in [0.25, 0.3) is 0 Å². The minimum atomic E-state index is -0.246. The molecule has 0 amide bonds. The van der Waals surface area contributed by atoms with Crippen LogP contribution in [0, 0.1) is 11.3 Å². The average Bonchev–Trinajstić information content (AvgIpc) is 2.65. The molecule has 2 atom stereocenters. The number of hydrogen-bond donors (Lipinski definition) is 1. The van der Waals surface area contributed by atoms with Crippen molar-refractivity contribution in [1.82, 2.24) is 0 Å². The largest absolute Gasteiger partial charge is 0.489 e. The van der Waals surface area contributed by atoms with Crippen LogP contribution in [0.25, 0.3) is 0 Å². The number of aliphatic hydroxyl groups is 1. The molecule has 0 saturated heterocycles. The van der Waals surface area contributed by atoms with Crippen LogP contribution in [0.1, 0.15) is 24.8 Å². The van der Waals surface area contributed by atoms with Gasteiger partial charge in [-0.3, -0.25) is 0 Å². The molecule has 78 valence electrons. The Labute approximate surface area is 88.9 Å². The summed E-state index contributed by atoms with van der Waals surface area (Å²) < 4.78 is 5.69. The Morgan fingerprint density at radius 3 is 2.80 bits per heavy atom. The fraction of sp³-hybridized carbons (Fsp3) is 0.417. The molecule has 0 aromatic heterocycles. The second-order valence-corrected chi connectivity index (χ2v) is 3.81. The van der Waals surface area contributed by atoms with Crippen molar-refractivity contribution in [3.05, 3.63) is 29.8 Å². The van der Waals surface area contributed by atoms with Crippen molar-refractivity contribution in [2.24, 2.45) is 0 Å². The van der Waals surface area contributed by atoms with Gasteiger partial charge in [-0.25, -0.2) is 0 Å². The smallest absolute Gasteiger partial charge is 0.137 e. The molecule has 1 aliphatic carbocycles. The molecule has 1 aliphatic rings. The number of benzene rings is 1. The first-order chi connectivity index (χ1) is 7.29. The van der Waals surface area contributed by atoms with Crippen LogP contribution in [0.4, 0.5) is 0 Å². The van der Waals surface area contributed by atoms with Crippen molar-refractivity contribution < 1.29 is 9.84 Å². The van der Waals surface area contributed by atoms with Crippen molar-refractivity contribution in [3.8, 4) is 11.8 Å². The third-order valence-corrected chi connectivity index (χ3v) is 2.66. The summed E-state index contributed by atoms with van der Waals surface area (Å²) in [6.07, 6.45) is 2.12. The molecule has 0 aliphatic heterocycles. The molecule has 0 spiro atoms. The molecular formula is C12H13NO2. The summed E-state index contributed by atoms with van der Waals surface area (Å²) in [5, 5.41) is 18.2. The van der Waals surface area contributed by atoms with Gasteiger partial charge in [0.2, 0.25) is 0 Å². The molecule has 2 rings (SSSR count). The Kier molecular flexibility index (Phi) is 2.89. The van der Waals surface area contributed by atoms with Crippen LogP contribution in [0.5, 0.6) is 5.75 Å². The van der Waals surface area contributed by atoms with E-state index in [0.29, 0.717) is 17.7 Å². The van der Waals surface area contributed by atoms with Gasteiger partial charge in [0.05, 0.1) is 11.7 Å². The molecule has 1 aromatic rings. The number of nitrogens with zero attached hydrogens (tertiary/aromatic N) is 1. The lowest BCUT2D eigenvalue weighted by Crippen LogP contribution is -2.13. The van der Waals surface area contributed by atoms with E-state index in [9.17, 15) is 5.11 Å². The summed E-state index contributed by atoms with van der Waals surface area (Å²) in [7, 11) is 0. The summed E-state index contributed by atoms with van der Waals surface area (Å²) in [5.41, 5.74) is 0.555. The van der Waals surface area contributed by atoms with Gasteiger partial charge in [-0.1, -0.05) is 12.1 Å². The first kappa shape index (κ1) is 10.0. The number of ether oxygens (including phenoxy) is 1. The molecule has 3 heteroatoms. The second kappa shape index (κ2) is 4.33. The lowest BCUT2D eigenvalue weighted by atomic mass is 10.2. The predicted octanol–water partition coefficient (Wildman–Crippen LogP) is 1.85. The maximum atomic E-state index is 9.36. The van der Waals surface area contributed by atoms with E-state index in [1.807, 2.05) is 12.1 Å². The van der Waals surface area contributed by atoms with Crippen LogP contribution in [0.15, 0.2) is 24.3 Å². The maximum absolute atomic E-state index is 9.36. The zero-order valence-electron chi connectivity index (χ0n) is 8.39. The normalized spacial score (nSPS) is 24.8. The van der Waals surface area contributed by atoms with Crippen LogP contribution in [-0.2, 0) is 0 Å². The van der Waals surface area contributed by atoms with Gasteiger partial charge >= 0.3 is 0 Å². The lowest BCUT2D eigenvalue weighted by molar-refractivity contribution is 0.149. The van der Waals surface area contributed by atoms with Crippen molar-refractivity contribution in [2.45, 2.75) is 31.5 Å². The van der Waals surface area contributed by atoms with Gasteiger partial charge in [-0.15, -0.1) is 0 Å². The number of rotatable bonds is 2. The summed E-state index contributed by atoms with van der Waals surface area (Å²) >= 11 is 0. The molecule has 1 N–H and O–H groups in total. The topological polar surface area (TPSA) is 53.2 Å². The third-order valence-electron chi connectivity index (χ3n) is 2.66. The summed E-state index contributed by atoms with van der Waals surface area (Å²) in [4.78, 5) is 0. The average molecular weight is 203 g/mol. The van der Waals surface area contributed by atoms with Crippen LogP contribution in [0.3, 0.4) is 0 Å². The van der Waals surface area contributed by atoms with Gasteiger partial charge in [0, 0.05) is 6.42 Å². The van der Waals surface area contributed by atoms with E-state index in [2.05, 4.69) is 6.07 Å². The van der Waals surface area contributed by atoms with Crippen LogP contribution >= 0.6 is 0 Å². The lowest BCUT2D eigenvalue weighted by Gasteiger charge is -2.13. The van der Waals surface area contributed by atoms with Crippen LogP contribution in [0.2, 0.25) is 0 Å². The van der Waals surface area contributed by atoms with E-state index < -0.39 is 0 Å². The molecule has 3 nitrogen and oxygen atoms in total. The molecular weight excluding hydrogens is 190 g/mol. The molecule has 1 fully saturated rings. The Bertz CT molecular complexity index is 383. The Morgan fingerprint density at radius 2 is 2.13 bits per heavy atom. The third kappa shape index (κ3) is 2.28. The number of para-hydroxylation sites is 1. The second-order valence-electron chi connectivity index (χ2n) is 3.81. The molecule has 15 heavy (non-hydrogen) atoms. The first-order valence-corrected chi connectivity index (χ1v) is 5.13. The maximum Gasteiger partial charge on any atom is 0.137 e. The highest BCUT2D eigenvalue weighted by Crippen LogP contribution is 2.26. The SMILES string of the molecule is N#Cc1ccccc1OC1CCC(O)C1. The van der Waals surface area contributed by atoms with E-state index in [0.717, 1.165) is 12.8 Å². The Morgan fingerprint density at radius 1 is 1.33 bits per heavy atom. The van der Waals surface area contributed by atoms with Gasteiger partial charge in [-0.2, -0.15) is 5.26 Å². The number of aliphatic hydroxyl groups excluding tert-OH is 1. The molecule has 0 heterocycles. The van der Waals surface area contributed by atoms with Crippen molar-refractivity contribution in [2.75, 3.05) is 0 Å². The summed E-state index contributed by atoms with van der Waals surface area (Å²) in [6.45, 7) is 0. The molecule has 0 radical (unpaired) electrons. The highest BCUT2D eigenvalue weighted by atomic mass is 16.5. The number of hydrogen-bond acceptors (Lipinski definition) is 3. The van der Waals surface area contributed by atoms with Crippen LogP contribution < -0.4 is 4.74 Å². The summed E-state index contributed by atoms with van der Waals surface area (Å²) in [5.74, 6) is 0.624. The van der Waals surface area contributed by atoms with Gasteiger partial charge in [-0.05, 0) is 25.0 Å². The number of nitriles is 1. The van der Waals surface area contributed by atoms with Crippen molar-refractivity contribution in [3.63, 3.8) is 0 Å². The zero-order valence-corrected chi connectivity index (χ0v) is 8.39. The highest BCUT2D eigenvalue weighted by molar-refractivity contribution is 5.42. The minimum absolute atomic E-state index is 0.0505. The molecule has 2 unspecified atom stereocenters. The van der Waals surface area contributed by atoms with E-state index in [1.165, 1.54) is 0 Å². The Hall–Kier alpha value is -1.53. The predicted molar refractivity (Wildman–Crippen MR) is 55.4 cm³/mol. The Balaban J connectivity index is 2.08. The van der Waals surface area contributed by atoms with E-state index >= 15 is 0 Å². The van der Waals surface area contributed by atoms with E-state index in [4.69, 9.17) is 10.00 Å². The fourth-order valence-corrected chi connectivity index (χ4v) is 1.87. The first-order valence-electron chi connectivity index (χ1n) is 5.13. The quantitative estimate of drug-likeness (QED) is 0.798. The van der Waals surface area contributed by atoms with Gasteiger partial charge in [0.15, 0.2) is 0 Å². The fourth-order valence-electron chi connectivity index (χ4n) is 1.87.